The van der Waals surface area contributed by atoms with E-state index in [4.69, 9.17) is 9.41 Å². The van der Waals surface area contributed by atoms with Crippen LogP contribution in [0.3, 0.4) is 0 Å². The largest absolute Gasteiger partial charge is 0.454 e. The Hall–Kier alpha value is -7.37. The maximum atomic E-state index is 6.98. The Bertz CT molecular complexity index is 3330. The van der Waals surface area contributed by atoms with Gasteiger partial charge in [-0.05, 0) is 54.1 Å². The molecule has 258 valence electrons. The van der Waals surface area contributed by atoms with Crippen molar-refractivity contribution in [2.24, 2.45) is 4.99 Å². The van der Waals surface area contributed by atoms with E-state index in [1.165, 1.54) is 32.6 Å². The van der Waals surface area contributed by atoms with Crippen LogP contribution in [0, 0.1) is 0 Å². The lowest BCUT2D eigenvalue weighted by Gasteiger charge is -2.26. The molecule has 0 aliphatic carbocycles. The van der Waals surface area contributed by atoms with Crippen LogP contribution in [0.25, 0.3) is 76.9 Å². The molecule has 12 rings (SSSR count). The molecule has 0 spiro atoms. The van der Waals surface area contributed by atoms with Gasteiger partial charge in [0, 0.05) is 60.5 Å². The average Bonchev–Trinajstić information content (AvgIpc) is 3.92. The van der Waals surface area contributed by atoms with Crippen LogP contribution < -0.4 is 5.32 Å². The highest BCUT2D eigenvalue weighted by Gasteiger charge is 2.28. The molecule has 5 nitrogen and oxygen atoms in total. The number of hydrogen-bond donors (Lipinski definition) is 1. The molecule has 0 saturated carbocycles. The summed E-state index contributed by atoms with van der Waals surface area (Å²) < 4.78 is 11.8. The lowest BCUT2D eigenvalue weighted by Crippen LogP contribution is -2.20. The summed E-state index contributed by atoms with van der Waals surface area (Å²) in [5.74, 6) is 0. The Morgan fingerprint density at radius 3 is 1.82 bits per heavy atom. The maximum absolute atomic E-state index is 6.98. The molecular weight excluding hydrogens is 673 g/mol. The van der Waals surface area contributed by atoms with Crippen molar-refractivity contribution in [3.63, 3.8) is 0 Å². The molecule has 3 aromatic heterocycles. The quantitative estimate of drug-likeness (QED) is 0.198. The third kappa shape index (κ3) is 4.32. The summed E-state index contributed by atoms with van der Waals surface area (Å²) >= 11 is 0. The zero-order valence-corrected chi connectivity index (χ0v) is 29.6. The van der Waals surface area contributed by atoms with Gasteiger partial charge in [-0.1, -0.05) is 133 Å². The number of furan rings is 1. The van der Waals surface area contributed by atoms with Crippen LogP contribution in [0.15, 0.2) is 191 Å². The molecule has 0 saturated heterocycles. The zero-order valence-electron chi connectivity index (χ0n) is 29.6. The summed E-state index contributed by atoms with van der Waals surface area (Å²) in [6.45, 7) is 0. The number of para-hydroxylation sites is 5. The van der Waals surface area contributed by atoms with Crippen LogP contribution >= 0.6 is 0 Å². The Morgan fingerprint density at radius 2 is 1.05 bits per heavy atom. The van der Waals surface area contributed by atoms with Gasteiger partial charge >= 0.3 is 0 Å². The summed E-state index contributed by atoms with van der Waals surface area (Å²) in [6, 6.07) is 64.5. The van der Waals surface area contributed by atoms with Gasteiger partial charge in [0.15, 0.2) is 5.58 Å². The summed E-state index contributed by atoms with van der Waals surface area (Å²) in [5.41, 5.74) is 13.9. The SMILES string of the molecule is c1ccc(C2=NC(c3ccc(-n4c5ccccc5c5c4c4oc6ccccc6c4c4c6ccccc6n(-c6ccccc6)c45)cc3)Nc3ccccc32)cc1. The average molecular weight is 705 g/mol. The van der Waals surface area contributed by atoms with Gasteiger partial charge < -0.3 is 18.9 Å². The summed E-state index contributed by atoms with van der Waals surface area (Å²) in [6.07, 6.45) is -0.236. The van der Waals surface area contributed by atoms with E-state index < -0.39 is 0 Å². The number of hydrogen-bond acceptors (Lipinski definition) is 3. The van der Waals surface area contributed by atoms with Crippen molar-refractivity contribution in [1.29, 1.82) is 0 Å². The van der Waals surface area contributed by atoms with E-state index in [1.54, 1.807) is 0 Å². The molecule has 0 amide bonds. The zero-order chi connectivity index (χ0) is 36.0. The third-order valence-electron chi connectivity index (χ3n) is 11.3. The van der Waals surface area contributed by atoms with E-state index in [-0.39, 0.29) is 6.17 Å². The number of rotatable bonds is 4. The van der Waals surface area contributed by atoms with Crippen molar-refractivity contribution in [2.75, 3.05) is 5.32 Å². The second-order valence-corrected chi connectivity index (χ2v) is 14.3. The Morgan fingerprint density at radius 1 is 0.473 bits per heavy atom. The topological polar surface area (TPSA) is 47.4 Å². The first-order valence-electron chi connectivity index (χ1n) is 18.8. The highest BCUT2D eigenvalue weighted by molar-refractivity contribution is 6.39. The predicted molar refractivity (Wildman–Crippen MR) is 227 cm³/mol. The molecule has 55 heavy (non-hydrogen) atoms. The van der Waals surface area contributed by atoms with Gasteiger partial charge in [0.2, 0.25) is 0 Å². The second kappa shape index (κ2) is 11.6. The molecule has 1 aliphatic heterocycles. The lowest BCUT2D eigenvalue weighted by molar-refractivity contribution is 0.671. The van der Waals surface area contributed by atoms with Gasteiger partial charge in [-0.25, -0.2) is 0 Å². The third-order valence-corrected chi connectivity index (χ3v) is 11.3. The van der Waals surface area contributed by atoms with E-state index in [1.807, 2.05) is 6.07 Å². The van der Waals surface area contributed by atoms with Crippen molar-refractivity contribution < 1.29 is 4.42 Å². The smallest absolute Gasteiger partial charge is 0.160 e. The number of nitrogens with zero attached hydrogens (tertiary/aromatic N) is 3. The van der Waals surface area contributed by atoms with E-state index in [0.717, 1.165) is 72.4 Å². The number of aliphatic imine (C=N–C) groups is 1. The minimum absolute atomic E-state index is 0.236. The molecule has 1 unspecified atom stereocenters. The molecule has 8 aromatic carbocycles. The molecule has 11 aromatic rings. The van der Waals surface area contributed by atoms with E-state index in [2.05, 4.69) is 190 Å². The van der Waals surface area contributed by atoms with Gasteiger partial charge in [-0.3, -0.25) is 4.99 Å². The molecule has 5 heteroatoms. The molecule has 1 atom stereocenters. The Kier molecular flexibility index (Phi) is 6.33. The number of nitrogens with one attached hydrogen (secondary N) is 1. The number of anilines is 1. The normalized spacial score (nSPS) is 14.3. The van der Waals surface area contributed by atoms with E-state index >= 15 is 0 Å². The monoisotopic (exact) mass is 704 g/mol. The van der Waals surface area contributed by atoms with Crippen LogP contribution in [0.1, 0.15) is 22.9 Å². The Labute approximate surface area is 316 Å². The second-order valence-electron chi connectivity index (χ2n) is 14.3. The van der Waals surface area contributed by atoms with Gasteiger partial charge in [0.25, 0.3) is 0 Å². The molecule has 0 bridgehead atoms. The fraction of sp³-hybridized carbons (Fsp3) is 0.0200. The number of fused-ring (bicyclic) bond motifs is 13. The highest BCUT2D eigenvalue weighted by Crippen LogP contribution is 2.49. The molecule has 0 radical (unpaired) electrons. The Balaban J connectivity index is 1.15. The van der Waals surface area contributed by atoms with Crippen LogP contribution in [-0.2, 0) is 0 Å². The molecule has 1 aliphatic rings. The van der Waals surface area contributed by atoms with E-state index in [9.17, 15) is 0 Å². The van der Waals surface area contributed by atoms with Crippen molar-refractivity contribution in [3.8, 4) is 11.4 Å². The molecule has 4 heterocycles. The molecule has 1 N–H and O–H groups in total. The van der Waals surface area contributed by atoms with Crippen molar-refractivity contribution >= 4 is 76.9 Å². The summed E-state index contributed by atoms with van der Waals surface area (Å²) in [5, 5.41) is 10.7. The van der Waals surface area contributed by atoms with Gasteiger partial charge in [0.05, 0.1) is 27.8 Å². The fourth-order valence-corrected chi connectivity index (χ4v) is 8.98. The predicted octanol–water partition coefficient (Wildman–Crippen LogP) is 12.7. The maximum Gasteiger partial charge on any atom is 0.160 e. The van der Waals surface area contributed by atoms with Crippen LogP contribution in [0.4, 0.5) is 5.69 Å². The van der Waals surface area contributed by atoms with Gasteiger partial charge in [-0.15, -0.1) is 0 Å². The van der Waals surface area contributed by atoms with Crippen LogP contribution in [0.2, 0.25) is 0 Å². The first-order valence-corrected chi connectivity index (χ1v) is 18.8. The summed E-state index contributed by atoms with van der Waals surface area (Å²) in [7, 11) is 0. The van der Waals surface area contributed by atoms with Crippen LogP contribution in [-0.4, -0.2) is 14.8 Å². The van der Waals surface area contributed by atoms with Crippen molar-refractivity contribution in [1.82, 2.24) is 9.13 Å². The summed E-state index contributed by atoms with van der Waals surface area (Å²) in [4.78, 5) is 5.30. The van der Waals surface area contributed by atoms with Crippen molar-refractivity contribution in [3.05, 3.63) is 199 Å². The highest BCUT2D eigenvalue weighted by atomic mass is 16.3. The van der Waals surface area contributed by atoms with Crippen LogP contribution in [0.5, 0.6) is 0 Å². The molecule has 0 fully saturated rings. The minimum Gasteiger partial charge on any atom is -0.454 e. The minimum atomic E-state index is -0.236. The lowest BCUT2D eigenvalue weighted by atomic mass is 9.97. The van der Waals surface area contributed by atoms with Crippen molar-refractivity contribution in [2.45, 2.75) is 6.17 Å². The number of benzene rings is 8. The molecular formula is C50H32N4O. The first-order chi connectivity index (χ1) is 27.3. The van der Waals surface area contributed by atoms with Gasteiger partial charge in [-0.2, -0.15) is 0 Å². The standard InChI is InChI=1S/C50H32N4O/c1-3-15-31(16-4-1)46-35-19-7-11-23-39(35)51-50(52-46)32-27-29-34(30-28-32)54-41-25-13-9-21-37(41)45-47-43(44-38-22-10-14-26-42(38)55-49(44)48(45)54)36-20-8-12-24-40(36)53(47)33-17-5-2-6-18-33/h1-30,50-51H. The van der Waals surface area contributed by atoms with Gasteiger partial charge in [0.1, 0.15) is 11.7 Å². The number of aromatic nitrogens is 2. The fourth-order valence-electron chi connectivity index (χ4n) is 8.98. The van der Waals surface area contributed by atoms with E-state index in [0.29, 0.717) is 0 Å². The first kappa shape index (κ1) is 30.1.